The van der Waals surface area contributed by atoms with Gasteiger partial charge in [-0.05, 0) is 19.0 Å². The van der Waals surface area contributed by atoms with Crippen molar-refractivity contribution in [3.05, 3.63) is 35.9 Å². The highest BCUT2D eigenvalue weighted by Gasteiger charge is 2.18. The van der Waals surface area contributed by atoms with Crippen molar-refractivity contribution < 1.29 is 9.84 Å². The first-order valence-electron chi connectivity index (χ1n) is 7.94. The van der Waals surface area contributed by atoms with Gasteiger partial charge in [-0.1, -0.05) is 37.3 Å². The second-order valence-electron chi connectivity index (χ2n) is 5.90. The molecule has 2 atom stereocenters. The fourth-order valence-electron chi connectivity index (χ4n) is 2.73. The Morgan fingerprint density at radius 1 is 1.14 bits per heavy atom. The van der Waals surface area contributed by atoms with Crippen molar-refractivity contribution >= 4 is 0 Å². The quantitative estimate of drug-likeness (QED) is 0.831. The molecule has 2 rings (SSSR count). The van der Waals surface area contributed by atoms with Crippen LogP contribution < -0.4 is 0 Å². The molecule has 0 spiro atoms. The van der Waals surface area contributed by atoms with Crippen LogP contribution >= 0.6 is 0 Å². The van der Waals surface area contributed by atoms with Crippen LogP contribution in [0.4, 0.5) is 0 Å². The molecule has 21 heavy (non-hydrogen) atoms. The number of piperazine rings is 1. The summed E-state index contributed by atoms with van der Waals surface area (Å²) in [6.45, 7) is 7.45. The molecule has 4 nitrogen and oxygen atoms in total. The molecule has 0 aliphatic carbocycles. The second-order valence-corrected chi connectivity index (χ2v) is 5.90. The number of aliphatic hydroxyl groups excluding tert-OH is 1. The summed E-state index contributed by atoms with van der Waals surface area (Å²) in [6.07, 6.45) is 0.588. The molecule has 0 saturated carbocycles. The largest absolute Gasteiger partial charge is 0.389 e. The Labute approximate surface area is 128 Å². The van der Waals surface area contributed by atoms with Crippen LogP contribution in [-0.4, -0.2) is 67.4 Å². The Morgan fingerprint density at radius 2 is 1.81 bits per heavy atom. The molecule has 4 heteroatoms. The predicted molar refractivity (Wildman–Crippen MR) is 85.4 cm³/mol. The van der Waals surface area contributed by atoms with Gasteiger partial charge in [0.05, 0.1) is 18.8 Å². The number of likely N-dealkylation sites (N-methyl/N-ethyl adjacent to an activating group) is 1. The molecule has 0 bridgehead atoms. The number of nitrogens with zero attached hydrogens (tertiary/aromatic N) is 2. The first-order chi connectivity index (χ1) is 10.2. The van der Waals surface area contributed by atoms with E-state index in [1.165, 1.54) is 5.56 Å². The third kappa shape index (κ3) is 5.40. The van der Waals surface area contributed by atoms with E-state index < -0.39 is 6.10 Å². The Bertz CT molecular complexity index is 391. The van der Waals surface area contributed by atoms with Gasteiger partial charge in [0.15, 0.2) is 0 Å². The van der Waals surface area contributed by atoms with E-state index in [0.29, 0.717) is 13.2 Å². The molecular formula is C17H28N2O2. The first kappa shape index (κ1) is 16.4. The minimum Gasteiger partial charge on any atom is -0.389 e. The third-order valence-corrected chi connectivity index (χ3v) is 4.10. The highest BCUT2D eigenvalue weighted by atomic mass is 16.5. The highest BCUT2D eigenvalue weighted by Crippen LogP contribution is 2.20. The number of benzene rings is 1. The van der Waals surface area contributed by atoms with E-state index in [2.05, 4.69) is 35.9 Å². The first-order valence-corrected chi connectivity index (χ1v) is 7.94. The molecule has 0 unspecified atom stereocenters. The molecule has 1 aromatic rings. The lowest BCUT2D eigenvalue weighted by Crippen LogP contribution is -2.47. The molecule has 1 aliphatic rings. The lowest BCUT2D eigenvalue weighted by molar-refractivity contribution is -0.0273. The summed E-state index contributed by atoms with van der Waals surface area (Å²) < 4.78 is 5.91. The lowest BCUT2D eigenvalue weighted by Gasteiger charge is -2.33. The van der Waals surface area contributed by atoms with Crippen molar-refractivity contribution in [2.45, 2.75) is 25.6 Å². The van der Waals surface area contributed by atoms with Crippen molar-refractivity contribution in [2.24, 2.45) is 0 Å². The van der Waals surface area contributed by atoms with Crippen LogP contribution in [0, 0.1) is 0 Å². The Morgan fingerprint density at radius 3 is 2.43 bits per heavy atom. The van der Waals surface area contributed by atoms with Gasteiger partial charge in [0.1, 0.15) is 0 Å². The smallest absolute Gasteiger partial charge is 0.0900 e. The van der Waals surface area contributed by atoms with Gasteiger partial charge in [-0.25, -0.2) is 0 Å². The maximum atomic E-state index is 10.2. The van der Waals surface area contributed by atoms with E-state index in [-0.39, 0.29) is 6.10 Å². The third-order valence-electron chi connectivity index (χ3n) is 4.10. The van der Waals surface area contributed by atoms with Gasteiger partial charge in [0.2, 0.25) is 0 Å². The molecular weight excluding hydrogens is 264 g/mol. The SMILES string of the molecule is CC[C@@H](OC[C@H](O)CN1CCN(C)CC1)c1ccccc1. The van der Waals surface area contributed by atoms with Crippen molar-refractivity contribution in [1.29, 1.82) is 0 Å². The molecule has 0 aromatic heterocycles. The number of aliphatic hydroxyl groups is 1. The molecule has 1 aliphatic heterocycles. The Hall–Kier alpha value is -0.940. The van der Waals surface area contributed by atoms with E-state index in [1.807, 2.05) is 18.2 Å². The van der Waals surface area contributed by atoms with Crippen LogP contribution in [0.2, 0.25) is 0 Å². The number of hydrogen-bond acceptors (Lipinski definition) is 4. The predicted octanol–water partition coefficient (Wildman–Crippen LogP) is 1.76. The van der Waals surface area contributed by atoms with E-state index in [9.17, 15) is 5.11 Å². The topological polar surface area (TPSA) is 35.9 Å². The van der Waals surface area contributed by atoms with E-state index in [1.54, 1.807) is 0 Å². The maximum absolute atomic E-state index is 10.2. The number of rotatable bonds is 7. The van der Waals surface area contributed by atoms with E-state index >= 15 is 0 Å². The van der Waals surface area contributed by atoms with E-state index in [4.69, 9.17) is 4.74 Å². The van der Waals surface area contributed by atoms with Crippen LogP contribution in [-0.2, 0) is 4.74 Å². The zero-order chi connectivity index (χ0) is 15.1. The van der Waals surface area contributed by atoms with Crippen molar-refractivity contribution in [3.8, 4) is 0 Å². The minimum atomic E-state index is -0.411. The minimum absolute atomic E-state index is 0.0772. The van der Waals surface area contributed by atoms with Gasteiger partial charge < -0.3 is 14.7 Å². The summed E-state index contributed by atoms with van der Waals surface area (Å²) in [5.41, 5.74) is 1.19. The van der Waals surface area contributed by atoms with Gasteiger partial charge in [0, 0.05) is 32.7 Å². The summed E-state index contributed by atoms with van der Waals surface area (Å²) in [5.74, 6) is 0. The van der Waals surface area contributed by atoms with Gasteiger partial charge in [-0.3, -0.25) is 4.90 Å². The zero-order valence-corrected chi connectivity index (χ0v) is 13.2. The van der Waals surface area contributed by atoms with Crippen LogP contribution in [0.15, 0.2) is 30.3 Å². The molecule has 0 amide bonds. The number of β-amino-alcohol motifs (C(OH)–C–C–N with tert-alkyl or cyclic N) is 1. The van der Waals surface area contributed by atoms with Crippen LogP contribution in [0.3, 0.4) is 0 Å². The zero-order valence-electron chi connectivity index (χ0n) is 13.2. The summed E-state index contributed by atoms with van der Waals surface area (Å²) >= 11 is 0. The van der Waals surface area contributed by atoms with Crippen molar-refractivity contribution in [2.75, 3.05) is 46.4 Å². The van der Waals surface area contributed by atoms with Crippen LogP contribution in [0.5, 0.6) is 0 Å². The van der Waals surface area contributed by atoms with E-state index in [0.717, 1.165) is 32.6 Å². The molecule has 1 saturated heterocycles. The average Bonchev–Trinajstić information content (AvgIpc) is 2.51. The highest BCUT2D eigenvalue weighted by molar-refractivity contribution is 5.17. The summed E-state index contributed by atoms with van der Waals surface area (Å²) in [6, 6.07) is 10.2. The molecule has 0 radical (unpaired) electrons. The Balaban J connectivity index is 1.73. The summed E-state index contributed by atoms with van der Waals surface area (Å²) in [5, 5.41) is 10.2. The fraction of sp³-hybridized carbons (Fsp3) is 0.647. The fourth-order valence-corrected chi connectivity index (χ4v) is 2.73. The lowest BCUT2D eigenvalue weighted by atomic mass is 10.1. The van der Waals surface area contributed by atoms with Crippen molar-refractivity contribution in [1.82, 2.24) is 9.80 Å². The number of ether oxygens (including phenoxy) is 1. The molecule has 1 aromatic carbocycles. The molecule has 1 heterocycles. The van der Waals surface area contributed by atoms with Gasteiger partial charge in [-0.15, -0.1) is 0 Å². The normalized spacial score (nSPS) is 20.3. The number of hydrogen-bond donors (Lipinski definition) is 1. The monoisotopic (exact) mass is 292 g/mol. The standard InChI is InChI=1S/C17H28N2O2/c1-3-17(15-7-5-4-6-8-15)21-14-16(20)13-19-11-9-18(2)10-12-19/h4-8,16-17,20H,3,9-14H2,1-2H3/t16-,17-/m1/s1. The summed E-state index contributed by atoms with van der Waals surface area (Å²) in [4.78, 5) is 4.64. The average molecular weight is 292 g/mol. The maximum Gasteiger partial charge on any atom is 0.0900 e. The van der Waals surface area contributed by atoms with Crippen molar-refractivity contribution in [3.63, 3.8) is 0 Å². The van der Waals surface area contributed by atoms with Crippen LogP contribution in [0.25, 0.3) is 0 Å². The van der Waals surface area contributed by atoms with Gasteiger partial charge in [0.25, 0.3) is 0 Å². The molecule has 1 fully saturated rings. The van der Waals surface area contributed by atoms with Gasteiger partial charge >= 0.3 is 0 Å². The Kier molecular flexibility index (Phi) is 6.64. The van der Waals surface area contributed by atoms with Gasteiger partial charge in [-0.2, -0.15) is 0 Å². The van der Waals surface area contributed by atoms with Crippen LogP contribution in [0.1, 0.15) is 25.0 Å². The summed E-state index contributed by atoms with van der Waals surface area (Å²) in [7, 11) is 2.14. The molecule has 1 N–H and O–H groups in total. The second kappa shape index (κ2) is 8.49. The molecule has 118 valence electrons.